The number of sulfonamides is 1. The van der Waals surface area contributed by atoms with E-state index in [9.17, 15) is 13.2 Å². The molecule has 0 aliphatic rings. The molecular formula is C16H25N5O3S2. The second-order valence-corrected chi connectivity index (χ2v) is 8.96. The zero-order chi connectivity index (χ0) is 19.3. The molecule has 0 bridgehead atoms. The van der Waals surface area contributed by atoms with Gasteiger partial charge in [0, 0.05) is 25.8 Å². The molecule has 0 spiro atoms. The van der Waals surface area contributed by atoms with Gasteiger partial charge < -0.3 is 5.32 Å². The molecule has 1 N–H and O–H groups in total. The summed E-state index contributed by atoms with van der Waals surface area (Å²) in [6.07, 6.45) is 2.38. The molecule has 0 aliphatic heterocycles. The summed E-state index contributed by atoms with van der Waals surface area (Å²) in [7, 11) is -3.58. The van der Waals surface area contributed by atoms with E-state index in [-0.39, 0.29) is 16.1 Å². The highest BCUT2D eigenvalue weighted by molar-refractivity contribution is 8.00. The van der Waals surface area contributed by atoms with Crippen LogP contribution in [0.2, 0.25) is 0 Å². The summed E-state index contributed by atoms with van der Waals surface area (Å²) < 4.78 is 28.5. The highest BCUT2D eigenvalue weighted by Crippen LogP contribution is 2.24. The first-order valence-electron chi connectivity index (χ1n) is 8.64. The molecule has 10 heteroatoms. The predicted octanol–water partition coefficient (Wildman–Crippen LogP) is 1.77. The van der Waals surface area contributed by atoms with Crippen LogP contribution in [0.15, 0.2) is 28.4 Å². The molecule has 144 valence electrons. The van der Waals surface area contributed by atoms with E-state index in [0.29, 0.717) is 30.4 Å². The molecule has 0 aromatic carbocycles. The third-order valence-corrected chi connectivity index (χ3v) is 6.98. The van der Waals surface area contributed by atoms with Crippen molar-refractivity contribution in [3.8, 4) is 0 Å². The van der Waals surface area contributed by atoms with Crippen molar-refractivity contribution in [2.45, 2.75) is 49.4 Å². The summed E-state index contributed by atoms with van der Waals surface area (Å²) >= 11 is 1.25. The first-order chi connectivity index (χ1) is 12.3. The Kier molecular flexibility index (Phi) is 7.01. The first kappa shape index (κ1) is 20.7. The topological polar surface area (TPSA) is 96.7 Å². The summed E-state index contributed by atoms with van der Waals surface area (Å²) in [4.78, 5) is 12.2. The van der Waals surface area contributed by atoms with Gasteiger partial charge in [-0.2, -0.15) is 4.31 Å². The number of carbonyl (C=O) groups excluding carboxylic acids is 1. The Morgan fingerprint density at radius 1 is 1.27 bits per heavy atom. The number of thioether (sulfide) groups is 1. The molecule has 1 unspecified atom stereocenters. The quantitative estimate of drug-likeness (QED) is 0.646. The normalized spacial score (nSPS) is 13.3. The molecular weight excluding hydrogens is 374 g/mol. The predicted molar refractivity (Wildman–Crippen MR) is 102 cm³/mol. The van der Waals surface area contributed by atoms with Gasteiger partial charge in [-0.15, -0.1) is 10.2 Å². The minimum absolute atomic E-state index is 0.0829. The molecule has 2 aromatic rings. The molecule has 0 aliphatic carbocycles. The van der Waals surface area contributed by atoms with Crippen molar-refractivity contribution in [3.05, 3.63) is 18.3 Å². The van der Waals surface area contributed by atoms with Crippen molar-refractivity contribution in [2.75, 3.05) is 19.6 Å². The average molecular weight is 400 g/mol. The Bertz CT molecular complexity index is 862. The van der Waals surface area contributed by atoms with Crippen molar-refractivity contribution >= 4 is 33.3 Å². The van der Waals surface area contributed by atoms with Crippen LogP contribution in [0.3, 0.4) is 0 Å². The number of hydrogen-bond donors (Lipinski definition) is 1. The van der Waals surface area contributed by atoms with Crippen molar-refractivity contribution in [1.82, 2.24) is 24.2 Å². The van der Waals surface area contributed by atoms with Gasteiger partial charge in [-0.05, 0) is 25.5 Å². The van der Waals surface area contributed by atoms with E-state index < -0.39 is 10.0 Å². The van der Waals surface area contributed by atoms with Gasteiger partial charge in [0.2, 0.25) is 15.9 Å². The second kappa shape index (κ2) is 8.83. The number of amides is 1. The molecule has 2 rings (SSSR count). The summed E-state index contributed by atoms with van der Waals surface area (Å²) in [6, 6.07) is 3.15. The molecule has 1 atom stereocenters. The molecule has 0 radical (unpaired) electrons. The maximum absolute atomic E-state index is 12.7. The number of aromatic nitrogens is 3. The third-order valence-electron chi connectivity index (χ3n) is 3.89. The van der Waals surface area contributed by atoms with E-state index >= 15 is 0 Å². The number of carbonyl (C=O) groups is 1. The van der Waals surface area contributed by atoms with Gasteiger partial charge in [0.15, 0.2) is 10.8 Å². The van der Waals surface area contributed by atoms with Crippen LogP contribution < -0.4 is 5.32 Å². The number of hydrogen-bond acceptors (Lipinski definition) is 6. The summed E-state index contributed by atoms with van der Waals surface area (Å²) in [5, 5.41) is 11.1. The zero-order valence-corrected chi connectivity index (χ0v) is 17.1. The first-order valence-corrected chi connectivity index (χ1v) is 11.0. The van der Waals surface area contributed by atoms with E-state index in [0.717, 1.165) is 6.42 Å². The highest BCUT2D eigenvalue weighted by Gasteiger charge is 2.23. The Hall–Kier alpha value is -1.65. The number of nitrogens with zero attached hydrogens (tertiary/aromatic N) is 4. The van der Waals surface area contributed by atoms with Gasteiger partial charge in [-0.25, -0.2) is 8.42 Å². The van der Waals surface area contributed by atoms with E-state index in [2.05, 4.69) is 15.5 Å². The average Bonchev–Trinajstić information content (AvgIpc) is 3.02. The monoisotopic (exact) mass is 399 g/mol. The van der Waals surface area contributed by atoms with Gasteiger partial charge in [0.05, 0.1) is 10.1 Å². The SMILES string of the molecule is CCCNC(=O)C(C)Sc1nnc2ccc(S(=O)(=O)N(CC)CC)cn12. The smallest absolute Gasteiger partial charge is 0.244 e. The van der Waals surface area contributed by atoms with Crippen LogP contribution in [0.25, 0.3) is 5.65 Å². The van der Waals surface area contributed by atoms with Crippen LogP contribution in [-0.4, -0.2) is 58.1 Å². The Balaban J connectivity index is 2.32. The molecule has 2 heterocycles. The second-order valence-electron chi connectivity index (χ2n) is 5.72. The standard InChI is InChI=1S/C16H25N5O3S2/c1-5-10-17-15(22)12(4)25-16-19-18-14-9-8-13(11-21(14)16)26(23,24)20(6-2)7-3/h8-9,11-12H,5-7,10H2,1-4H3,(H,17,22). The van der Waals surface area contributed by atoms with Crippen LogP contribution in [0.1, 0.15) is 34.1 Å². The third kappa shape index (κ3) is 4.36. The van der Waals surface area contributed by atoms with Gasteiger partial charge in [-0.3, -0.25) is 9.20 Å². The molecule has 0 fully saturated rings. The van der Waals surface area contributed by atoms with Gasteiger partial charge >= 0.3 is 0 Å². The van der Waals surface area contributed by atoms with Crippen LogP contribution in [0.5, 0.6) is 0 Å². The van der Waals surface area contributed by atoms with Gasteiger partial charge in [0.25, 0.3) is 0 Å². The van der Waals surface area contributed by atoms with Crippen molar-refractivity contribution in [1.29, 1.82) is 0 Å². The zero-order valence-electron chi connectivity index (χ0n) is 15.5. The number of pyridine rings is 1. The summed E-state index contributed by atoms with van der Waals surface area (Å²) in [6.45, 7) is 8.79. The highest BCUT2D eigenvalue weighted by atomic mass is 32.2. The summed E-state index contributed by atoms with van der Waals surface area (Å²) in [5.74, 6) is -0.0829. The van der Waals surface area contributed by atoms with Crippen LogP contribution >= 0.6 is 11.8 Å². The lowest BCUT2D eigenvalue weighted by Crippen LogP contribution is -2.31. The summed E-state index contributed by atoms with van der Waals surface area (Å²) in [5.41, 5.74) is 0.534. The van der Waals surface area contributed by atoms with Crippen molar-refractivity contribution in [2.24, 2.45) is 0 Å². The van der Waals surface area contributed by atoms with Crippen molar-refractivity contribution < 1.29 is 13.2 Å². The fraction of sp³-hybridized carbons (Fsp3) is 0.562. The molecule has 26 heavy (non-hydrogen) atoms. The molecule has 2 aromatic heterocycles. The fourth-order valence-electron chi connectivity index (χ4n) is 2.40. The van der Waals surface area contributed by atoms with Crippen molar-refractivity contribution in [3.63, 3.8) is 0 Å². The van der Waals surface area contributed by atoms with Gasteiger partial charge in [-0.1, -0.05) is 32.5 Å². The van der Waals surface area contributed by atoms with Crippen LogP contribution in [0.4, 0.5) is 0 Å². The Morgan fingerprint density at radius 3 is 2.58 bits per heavy atom. The van der Waals surface area contributed by atoms with E-state index in [1.165, 1.54) is 28.3 Å². The maximum Gasteiger partial charge on any atom is 0.244 e. The molecule has 8 nitrogen and oxygen atoms in total. The minimum atomic E-state index is -3.58. The number of nitrogens with one attached hydrogen (secondary N) is 1. The van der Waals surface area contributed by atoms with Crippen LogP contribution in [-0.2, 0) is 14.8 Å². The lowest BCUT2D eigenvalue weighted by Gasteiger charge is -2.18. The lowest BCUT2D eigenvalue weighted by atomic mass is 10.4. The van der Waals surface area contributed by atoms with E-state index in [4.69, 9.17) is 0 Å². The Labute approximate surface area is 158 Å². The van der Waals surface area contributed by atoms with E-state index in [1.807, 2.05) is 6.92 Å². The number of fused-ring (bicyclic) bond motifs is 1. The largest absolute Gasteiger partial charge is 0.355 e. The maximum atomic E-state index is 12.7. The van der Waals surface area contributed by atoms with Gasteiger partial charge in [0.1, 0.15) is 0 Å². The molecule has 0 saturated carbocycles. The minimum Gasteiger partial charge on any atom is -0.355 e. The fourth-order valence-corrected chi connectivity index (χ4v) is 4.71. The van der Waals surface area contributed by atoms with E-state index in [1.54, 1.807) is 31.2 Å². The molecule has 1 amide bonds. The van der Waals surface area contributed by atoms with Crippen LogP contribution in [0, 0.1) is 0 Å². The number of rotatable bonds is 9. The molecule has 0 saturated heterocycles. The Morgan fingerprint density at radius 2 is 1.96 bits per heavy atom. The lowest BCUT2D eigenvalue weighted by molar-refractivity contribution is -0.120.